The molecule has 0 aliphatic heterocycles. The number of rotatable bonds is 7. The van der Waals surface area contributed by atoms with E-state index in [-0.39, 0.29) is 6.04 Å². The van der Waals surface area contributed by atoms with Crippen LogP contribution in [0.5, 0.6) is 0 Å². The summed E-state index contributed by atoms with van der Waals surface area (Å²) in [5.41, 5.74) is 1.12. The van der Waals surface area contributed by atoms with Gasteiger partial charge in [0.05, 0.1) is 4.90 Å². The Balaban J connectivity index is 2.12. The molecule has 2 rings (SSSR count). The van der Waals surface area contributed by atoms with Crippen LogP contribution < -0.4 is 4.72 Å². The van der Waals surface area contributed by atoms with E-state index in [9.17, 15) is 8.42 Å². The van der Waals surface area contributed by atoms with Gasteiger partial charge in [-0.25, -0.2) is 13.1 Å². The molecule has 2 aromatic carbocycles. The summed E-state index contributed by atoms with van der Waals surface area (Å²) in [4.78, 5) is 0.303. The zero-order valence-corrected chi connectivity index (χ0v) is 14.0. The highest BCUT2D eigenvalue weighted by Gasteiger charge is 2.19. The second kappa shape index (κ2) is 7.73. The number of sulfonamides is 1. The smallest absolute Gasteiger partial charge is 0.208 e. The normalized spacial score (nSPS) is 13.0. The van der Waals surface area contributed by atoms with Gasteiger partial charge in [0.1, 0.15) is 0 Å². The zero-order valence-electron chi connectivity index (χ0n) is 11.6. The first-order chi connectivity index (χ1) is 10.1. The summed E-state index contributed by atoms with van der Waals surface area (Å²) in [7, 11) is -3.47. The molecule has 0 saturated heterocycles. The lowest BCUT2D eigenvalue weighted by Gasteiger charge is -2.18. The average Bonchev–Trinajstić information content (AvgIpc) is 2.49. The minimum absolute atomic E-state index is 0.128. The van der Waals surface area contributed by atoms with Gasteiger partial charge in [-0.3, -0.25) is 0 Å². The highest BCUT2D eigenvalue weighted by atomic mass is 79.9. The van der Waals surface area contributed by atoms with Gasteiger partial charge in [-0.2, -0.15) is 0 Å². The topological polar surface area (TPSA) is 46.2 Å². The van der Waals surface area contributed by atoms with Gasteiger partial charge in [-0.05, 0) is 30.5 Å². The van der Waals surface area contributed by atoms with Gasteiger partial charge in [0, 0.05) is 11.4 Å². The molecular formula is C16H18BrNO2S. The lowest BCUT2D eigenvalue weighted by atomic mass is 10.1. The van der Waals surface area contributed by atoms with E-state index in [1.165, 1.54) is 0 Å². The van der Waals surface area contributed by atoms with E-state index in [2.05, 4.69) is 20.7 Å². The quantitative estimate of drug-likeness (QED) is 0.762. The lowest BCUT2D eigenvalue weighted by Crippen LogP contribution is -2.36. The van der Waals surface area contributed by atoms with Gasteiger partial charge in [-0.1, -0.05) is 64.5 Å². The van der Waals surface area contributed by atoms with E-state index in [1.54, 1.807) is 30.3 Å². The van der Waals surface area contributed by atoms with Gasteiger partial charge < -0.3 is 0 Å². The Kier molecular flexibility index (Phi) is 5.96. The number of hydrogen-bond acceptors (Lipinski definition) is 2. The molecule has 1 unspecified atom stereocenters. The van der Waals surface area contributed by atoms with Crippen LogP contribution in [-0.4, -0.2) is 19.8 Å². The van der Waals surface area contributed by atoms with Crippen LogP contribution in [-0.2, 0) is 16.4 Å². The fourth-order valence-electron chi connectivity index (χ4n) is 2.12. The van der Waals surface area contributed by atoms with Crippen molar-refractivity contribution in [3.63, 3.8) is 0 Å². The van der Waals surface area contributed by atoms with Crippen LogP contribution in [0.1, 0.15) is 12.0 Å². The molecule has 2 aromatic rings. The number of alkyl halides is 1. The molecule has 21 heavy (non-hydrogen) atoms. The van der Waals surface area contributed by atoms with Crippen LogP contribution in [0.15, 0.2) is 65.6 Å². The largest absolute Gasteiger partial charge is 0.240 e. The fraction of sp³-hybridized carbons (Fsp3) is 0.250. The third-order valence-electron chi connectivity index (χ3n) is 3.16. The van der Waals surface area contributed by atoms with Crippen molar-refractivity contribution < 1.29 is 8.42 Å². The molecule has 0 saturated carbocycles. The Morgan fingerprint density at radius 3 is 2.10 bits per heavy atom. The highest BCUT2D eigenvalue weighted by molar-refractivity contribution is 9.09. The second-order valence-electron chi connectivity index (χ2n) is 4.80. The van der Waals surface area contributed by atoms with Crippen molar-refractivity contribution in [2.24, 2.45) is 0 Å². The first-order valence-corrected chi connectivity index (χ1v) is 9.39. The van der Waals surface area contributed by atoms with E-state index >= 15 is 0 Å². The van der Waals surface area contributed by atoms with Crippen molar-refractivity contribution in [1.29, 1.82) is 0 Å². The van der Waals surface area contributed by atoms with E-state index in [4.69, 9.17) is 0 Å². The second-order valence-corrected chi connectivity index (χ2v) is 7.31. The Bertz CT molecular complexity index is 644. The van der Waals surface area contributed by atoms with E-state index in [0.717, 1.165) is 17.3 Å². The predicted molar refractivity (Wildman–Crippen MR) is 89.1 cm³/mol. The maximum absolute atomic E-state index is 12.4. The molecule has 0 spiro atoms. The van der Waals surface area contributed by atoms with E-state index in [1.807, 2.05) is 30.3 Å². The van der Waals surface area contributed by atoms with Crippen LogP contribution in [0.3, 0.4) is 0 Å². The van der Waals surface area contributed by atoms with Gasteiger partial charge in [0.25, 0.3) is 0 Å². The van der Waals surface area contributed by atoms with Gasteiger partial charge >= 0.3 is 0 Å². The molecule has 0 aromatic heterocycles. The van der Waals surface area contributed by atoms with Gasteiger partial charge in [0.15, 0.2) is 0 Å². The SMILES string of the molecule is O=S(=O)(NC(CCBr)Cc1ccccc1)c1ccccc1. The summed E-state index contributed by atoms with van der Waals surface area (Å²) in [5, 5.41) is 0.752. The maximum atomic E-state index is 12.4. The third-order valence-corrected chi connectivity index (χ3v) is 5.15. The summed E-state index contributed by atoms with van der Waals surface area (Å²) < 4.78 is 27.6. The first-order valence-electron chi connectivity index (χ1n) is 6.79. The lowest BCUT2D eigenvalue weighted by molar-refractivity contribution is 0.539. The summed E-state index contributed by atoms with van der Waals surface area (Å²) in [6, 6.07) is 18.3. The van der Waals surface area contributed by atoms with Crippen molar-refractivity contribution in [2.45, 2.75) is 23.8 Å². The summed E-state index contributed by atoms with van der Waals surface area (Å²) in [6.45, 7) is 0. The molecule has 112 valence electrons. The Morgan fingerprint density at radius 2 is 1.52 bits per heavy atom. The molecule has 1 N–H and O–H groups in total. The molecule has 0 aliphatic rings. The first kappa shape index (κ1) is 16.2. The molecule has 0 amide bonds. The number of halogens is 1. The van der Waals surface area contributed by atoms with Crippen LogP contribution >= 0.6 is 15.9 Å². The molecular weight excluding hydrogens is 350 g/mol. The number of hydrogen-bond donors (Lipinski definition) is 1. The number of benzene rings is 2. The fourth-order valence-corrected chi connectivity index (χ4v) is 3.96. The molecule has 1 atom stereocenters. The van der Waals surface area contributed by atoms with Gasteiger partial charge in [-0.15, -0.1) is 0 Å². The third kappa shape index (κ3) is 4.95. The summed E-state index contributed by atoms with van der Waals surface area (Å²) in [5.74, 6) is 0. The standard InChI is InChI=1S/C16H18BrNO2S/c17-12-11-15(13-14-7-3-1-4-8-14)18-21(19,20)16-9-5-2-6-10-16/h1-10,15,18H,11-13H2. The number of nitrogens with one attached hydrogen (secondary N) is 1. The molecule has 0 heterocycles. The molecule has 0 radical (unpaired) electrons. The Labute approximate surface area is 134 Å². The highest BCUT2D eigenvalue weighted by Crippen LogP contribution is 2.13. The molecule has 3 nitrogen and oxygen atoms in total. The Morgan fingerprint density at radius 1 is 0.952 bits per heavy atom. The maximum Gasteiger partial charge on any atom is 0.240 e. The van der Waals surface area contributed by atoms with Gasteiger partial charge in [0.2, 0.25) is 10.0 Å². The van der Waals surface area contributed by atoms with Crippen LogP contribution in [0.4, 0.5) is 0 Å². The molecule has 0 aliphatic carbocycles. The summed E-state index contributed by atoms with van der Waals surface area (Å²) in [6.07, 6.45) is 1.42. The zero-order chi connectivity index (χ0) is 15.1. The molecule has 0 bridgehead atoms. The Hall–Kier alpha value is -1.17. The van der Waals surface area contributed by atoms with Crippen LogP contribution in [0, 0.1) is 0 Å². The monoisotopic (exact) mass is 367 g/mol. The van der Waals surface area contributed by atoms with E-state index in [0.29, 0.717) is 11.3 Å². The van der Waals surface area contributed by atoms with Crippen molar-refractivity contribution in [1.82, 2.24) is 4.72 Å². The van der Waals surface area contributed by atoms with Crippen molar-refractivity contribution >= 4 is 26.0 Å². The van der Waals surface area contributed by atoms with Crippen molar-refractivity contribution in [3.8, 4) is 0 Å². The minimum Gasteiger partial charge on any atom is -0.208 e. The molecule has 5 heteroatoms. The van der Waals surface area contributed by atoms with Crippen molar-refractivity contribution in [3.05, 3.63) is 66.2 Å². The van der Waals surface area contributed by atoms with Crippen molar-refractivity contribution in [2.75, 3.05) is 5.33 Å². The van der Waals surface area contributed by atoms with E-state index < -0.39 is 10.0 Å². The minimum atomic E-state index is -3.47. The van der Waals surface area contributed by atoms with Crippen LogP contribution in [0.25, 0.3) is 0 Å². The average molecular weight is 368 g/mol. The molecule has 0 fully saturated rings. The predicted octanol–water partition coefficient (Wildman–Crippen LogP) is 3.36. The van der Waals surface area contributed by atoms with Crippen LogP contribution in [0.2, 0.25) is 0 Å². The summed E-state index contributed by atoms with van der Waals surface area (Å²) >= 11 is 3.39.